The number of likely N-dealkylation sites (N-methyl/N-ethyl adjacent to an activating group) is 1. The first-order valence-electron chi connectivity index (χ1n) is 7.96. The molecule has 0 radical (unpaired) electrons. The van der Waals surface area contributed by atoms with E-state index in [-0.39, 0.29) is 0 Å². The second-order valence-electron chi connectivity index (χ2n) is 5.71. The Balaban J connectivity index is 2.26. The van der Waals surface area contributed by atoms with Crippen LogP contribution in [-0.4, -0.2) is 16.1 Å². The van der Waals surface area contributed by atoms with Crippen LogP contribution in [0.5, 0.6) is 0 Å². The zero-order valence-electron chi connectivity index (χ0n) is 13.7. The standard InChI is InChI=1S/C18H27N3/c1-5-10-21-11-9-20-18(21)13-17(19-6-2)16-12-14(3)7-8-15(16)4/h7-9,11-12,17,19H,5-6,10,13H2,1-4H3. The van der Waals surface area contributed by atoms with E-state index in [2.05, 4.69) is 67.0 Å². The summed E-state index contributed by atoms with van der Waals surface area (Å²) in [7, 11) is 0. The second kappa shape index (κ2) is 7.41. The van der Waals surface area contributed by atoms with E-state index >= 15 is 0 Å². The number of hydrogen-bond donors (Lipinski definition) is 1. The van der Waals surface area contributed by atoms with Gasteiger partial charge in [0.2, 0.25) is 0 Å². The maximum Gasteiger partial charge on any atom is 0.110 e. The first-order valence-corrected chi connectivity index (χ1v) is 7.96. The van der Waals surface area contributed by atoms with Gasteiger partial charge in [0.1, 0.15) is 5.82 Å². The maximum atomic E-state index is 4.56. The summed E-state index contributed by atoms with van der Waals surface area (Å²) in [5.74, 6) is 1.17. The zero-order valence-corrected chi connectivity index (χ0v) is 13.7. The van der Waals surface area contributed by atoms with Crippen LogP contribution < -0.4 is 5.32 Å². The lowest BCUT2D eigenvalue weighted by Crippen LogP contribution is -2.25. The van der Waals surface area contributed by atoms with E-state index in [1.807, 2.05) is 6.20 Å². The molecule has 3 heteroatoms. The molecule has 1 aromatic heterocycles. The van der Waals surface area contributed by atoms with Crippen molar-refractivity contribution < 1.29 is 0 Å². The van der Waals surface area contributed by atoms with Gasteiger partial charge in [-0.15, -0.1) is 0 Å². The summed E-state index contributed by atoms with van der Waals surface area (Å²) >= 11 is 0. The molecule has 0 spiro atoms. The molecule has 0 bridgehead atoms. The number of benzene rings is 1. The van der Waals surface area contributed by atoms with Crippen LogP contribution in [0.1, 0.15) is 48.8 Å². The fraction of sp³-hybridized carbons (Fsp3) is 0.500. The molecule has 21 heavy (non-hydrogen) atoms. The molecule has 1 atom stereocenters. The Morgan fingerprint density at radius 3 is 2.76 bits per heavy atom. The van der Waals surface area contributed by atoms with E-state index in [0.29, 0.717) is 6.04 Å². The third kappa shape index (κ3) is 3.94. The number of rotatable bonds is 7. The van der Waals surface area contributed by atoms with Crippen LogP contribution in [0.4, 0.5) is 0 Å². The Hall–Kier alpha value is -1.61. The van der Waals surface area contributed by atoms with Crippen molar-refractivity contribution in [2.45, 2.75) is 53.1 Å². The van der Waals surface area contributed by atoms with Crippen LogP contribution in [0.25, 0.3) is 0 Å². The highest BCUT2D eigenvalue weighted by molar-refractivity contribution is 5.33. The van der Waals surface area contributed by atoms with Gasteiger partial charge in [0.25, 0.3) is 0 Å². The molecule has 1 unspecified atom stereocenters. The largest absolute Gasteiger partial charge is 0.335 e. The van der Waals surface area contributed by atoms with Gasteiger partial charge < -0.3 is 9.88 Å². The Bertz CT molecular complexity index is 572. The van der Waals surface area contributed by atoms with E-state index < -0.39 is 0 Å². The fourth-order valence-corrected chi connectivity index (χ4v) is 2.83. The lowest BCUT2D eigenvalue weighted by atomic mass is 9.96. The van der Waals surface area contributed by atoms with Gasteiger partial charge in [0, 0.05) is 31.4 Å². The highest BCUT2D eigenvalue weighted by atomic mass is 15.1. The summed E-state index contributed by atoms with van der Waals surface area (Å²) in [4.78, 5) is 4.56. The smallest absolute Gasteiger partial charge is 0.110 e. The molecule has 1 aromatic carbocycles. The van der Waals surface area contributed by atoms with Gasteiger partial charge in [-0.05, 0) is 37.9 Å². The third-order valence-electron chi connectivity index (χ3n) is 3.91. The molecule has 0 amide bonds. The SMILES string of the molecule is CCCn1ccnc1CC(NCC)c1cc(C)ccc1C. The minimum absolute atomic E-state index is 0.327. The van der Waals surface area contributed by atoms with Gasteiger partial charge in [-0.1, -0.05) is 37.6 Å². The van der Waals surface area contributed by atoms with Crippen molar-refractivity contribution in [3.8, 4) is 0 Å². The molecule has 114 valence electrons. The van der Waals surface area contributed by atoms with Crippen molar-refractivity contribution in [1.82, 2.24) is 14.9 Å². The van der Waals surface area contributed by atoms with Crippen LogP contribution >= 0.6 is 0 Å². The molecule has 1 heterocycles. The zero-order chi connectivity index (χ0) is 15.2. The monoisotopic (exact) mass is 285 g/mol. The summed E-state index contributed by atoms with van der Waals surface area (Å²) in [6.07, 6.45) is 6.08. The molecular weight excluding hydrogens is 258 g/mol. The van der Waals surface area contributed by atoms with Crippen LogP contribution in [0.3, 0.4) is 0 Å². The van der Waals surface area contributed by atoms with E-state index in [1.54, 1.807) is 0 Å². The molecule has 3 nitrogen and oxygen atoms in total. The molecular formula is C18H27N3. The average molecular weight is 285 g/mol. The molecule has 0 saturated heterocycles. The van der Waals surface area contributed by atoms with Crippen LogP contribution in [0, 0.1) is 13.8 Å². The quantitative estimate of drug-likeness (QED) is 0.838. The van der Waals surface area contributed by atoms with Crippen molar-refractivity contribution >= 4 is 0 Å². The predicted molar refractivity (Wildman–Crippen MR) is 88.6 cm³/mol. The Morgan fingerprint density at radius 1 is 1.24 bits per heavy atom. The van der Waals surface area contributed by atoms with Crippen molar-refractivity contribution in [2.75, 3.05) is 6.54 Å². The van der Waals surface area contributed by atoms with Crippen molar-refractivity contribution in [3.05, 3.63) is 53.1 Å². The minimum Gasteiger partial charge on any atom is -0.335 e. The number of aromatic nitrogens is 2. The average Bonchev–Trinajstić information content (AvgIpc) is 2.89. The summed E-state index contributed by atoms with van der Waals surface area (Å²) < 4.78 is 2.27. The summed E-state index contributed by atoms with van der Waals surface area (Å²) in [5.41, 5.74) is 4.05. The van der Waals surface area contributed by atoms with E-state index in [9.17, 15) is 0 Å². The minimum atomic E-state index is 0.327. The van der Waals surface area contributed by atoms with Gasteiger partial charge in [-0.2, -0.15) is 0 Å². The van der Waals surface area contributed by atoms with Crippen molar-refractivity contribution in [2.24, 2.45) is 0 Å². The van der Waals surface area contributed by atoms with Crippen molar-refractivity contribution in [1.29, 1.82) is 0 Å². The molecule has 0 aliphatic heterocycles. The number of nitrogens with zero attached hydrogens (tertiary/aromatic N) is 2. The molecule has 0 aliphatic carbocycles. The molecule has 0 saturated carbocycles. The van der Waals surface area contributed by atoms with Gasteiger partial charge in [0.05, 0.1) is 0 Å². The Labute approximate surface area is 128 Å². The number of hydrogen-bond acceptors (Lipinski definition) is 2. The molecule has 2 aromatic rings. The molecule has 0 aliphatic rings. The third-order valence-corrected chi connectivity index (χ3v) is 3.91. The summed E-state index contributed by atoms with van der Waals surface area (Å²) in [5, 5.41) is 3.62. The number of aryl methyl sites for hydroxylation is 3. The highest BCUT2D eigenvalue weighted by Crippen LogP contribution is 2.22. The molecule has 0 fully saturated rings. The lowest BCUT2D eigenvalue weighted by molar-refractivity contribution is 0.514. The Kier molecular flexibility index (Phi) is 5.57. The molecule has 1 N–H and O–H groups in total. The van der Waals surface area contributed by atoms with Crippen LogP contribution in [0.2, 0.25) is 0 Å². The fourth-order valence-electron chi connectivity index (χ4n) is 2.83. The van der Waals surface area contributed by atoms with Gasteiger partial charge in [-0.25, -0.2) is 4.98 Å². The second-order valence-corrected chi connectivity index (χ2v) is 5.71. The lowest BCUT2D eigenvalue weighted by Gasteiger charge is -2.21. The highest BCUT2D eigenvalue weighted by Gasteiger charge is 2.16. The normalized spacial score (nSPS) is 12.6. The summed E-state index contributed by atoms with van der Waals surface area (Å²) in [6, 6.07) is 7.02. The van der Waals surface area contributed by atoms with E-state index in [0.717, 1.165) is 25.9 Å². The first kappa shape index (κ1) is 15.8. The van der Waals surface area contributed by atoms with E-state index in [4.69, 9.17) is 0 Å². The number of imidazole rings is 1. The predicted octanol–water partition coefficient (Wildman–Crippen LogP) is 3.80. The maximum absolute atomic E-state index is 4.56. The van der Waals surface area contributed by atoms with Crippen LogP contribution in [-0.2, 0) is 13.0 Å². The Morgan fingerprint density at radius 2 is 2.05 bits per heavy atom. The van der Waals surface area contributed by atoms with Crippen LogP contribution in [0.15, 0.2) is 30.6 Å². The van der Waals surface area contributed by atoms with Gasteiger partial charge >= 0.3 is 0 Å². The molecule has 2 rings (SSSR count). The van der Waals surface area contributed by atoms with Gasteiger partial charge in [-0.3, -0.25) is 0 Å². The van der Waals surface area contributed by atoms with Crippen molar-refractivity contribution in [3.63, 3.8) is 0 Å². The first-order chi connectivity index (χ1) is 10.2. The topological polar surface area (TPSA) is 29.9 Å². The van der Waals surface area contributed by atoms with E-state index in [1.165, 1.54) is 22.5 Å². The van der Waals surface area contributed by atoms with Gasteiger partial charge in [0.15, 0.2) is 0 Å². The summed E-state index contributed by atoms with van der Waals surface area (Å²) in [6.45, 7) is 10.7. The number of nitrogens with one attached hydrogen (secondary N) is 1.